The minimum atomic E-state index is -0.397. The van der Waals surface area contributed by atoms with E-state index in [4.69, 9.17) is 16.0 Å². The molecular formula is C19H14BrClN2O3S. The molecule has 1 heterocycles. The summed E-state index contributed by atoms with van der Waals surface area (Å²) in [4.78, 5) is 16.1. The van der Waals surface area contributed by atoms with Crippen LogP contribution in [0.2, 0.25) is 5.02 Å². The second-order valence-corrected chi connectivity index (χ2v) is 8.10. The van der Waals surface area contributed by atoms with Crippen LogP contribution in [-0.2, 0) is 0 Å². The molecule has 0 N–H and O–H groups in total. The predicted octanol–water partition coefficient (Wildman–Crippen LogP) is 7.12. The van der Waals surface area contributed by atoms with Crippen LogP contribution in [0.4, 0.5) is 11.4 Å². The Morgan fingerprint density at radius 3 is 2.59 bits per heavy atom. The van der Waals surface area contributed by atoms with E-state index in [9.17, 15) is 10.1 Å². The molecular weight excluding hydrogens is 452 g/mol. The van der Waals surface area contributed by atoms with Crippen molar-refractivity contribution < 1.29 is 9.34 Å². The normalized spacial score (nSPS) is 11.3. The highest BCUT2D eigenvalue weighted by Crippen LogP contribution is 2.36. The van der Waals surface area contributed by atoms with Crippen molar-refractivity contribution in [1.82, 2.24) is 0 Å². The number of aliphatic imine (C=N–C) groups is 1. The molecule has 0 aliphatic rings. The summed E-state index contributed by atoms with van der Waals surface area (Å²) in [5, 5.41) is 12.5. The fraction of sp³-hybridized carbons (Fsp3) is 0.105. The van der Waals surface area contributed by atoms with Gasteiger partial charge in [-0.25, -0.2) is 0 Å². The first kappa shape index (κ1) is 19.7. The average Bonchev–Trinajstić information content (AvgIpc) is 2.97. The largest absolute Gasteiger partial charge is 0.447 e. The van der Waals surface area contributed by atoms with Gasteiger partial charge >= 0.3 is 0 Å². The predicted molar refractivity (Wildman–Crippen MR) is 112 cm³/mol. The van der Waals surface area contributed by atoms with Gasteiger partial charge < -0.3 is 4.42 Å². The molecule has 0 aliphatic carbocycles. The number of rotatable bonds is 5. The Morgan fingerprint density at radius 1 is 1.22 bits per heavy atom. The van der Waals surface area contributed by atoms with E-state index in [-0.39, 0.29) is 5.69 Å². The molecule has 27 heavy (non-hydrogen) atoms. The second kappa shape index (κ2) is 8.29. The topological polar surface area (TPSA) is 68.6 Å². The third kappa shape index (κ3) is 4.80. The average molecular weight is 466 g/mol. The lowest BCUT2D eigenvalue weighted by Gasteiger charge is -2.02. The third-order valence-electron chi connectivity index (χ3n) is 3.86. The van der Waals surface area contributed by atoms with Crippen molar-refractivity contribution in [2.24, 2.45) is 4.99 Å². The number of halogens is 2. The van der Waals surface area contributed by atoms with Gasteiger partial charge in [0.15, 0.2) is 5.09 Å². The van der Waals surface area contributed by atoms with Crippen molar-refractivity contribution in [2.45, 2.75) is 23.8 Å². The fourth-order valence-corrected chi connectivity index (χ4v) is 3.79. The zero-order valence-corrected chi connectivity index (χ0v) is 17.6. The molecule has 1 aromatic heterocycles. The molecule has 0 unspecified atom stereocenters. The van der Waals surface area contributed by atoms with Gasteiger partial charge in [0, 0.05) is 27.6 Å². The first-order valence-corrected chi connectivity index (χ1v) is 9.84. The van der Waals surface area contributed by atoms with Crippen LogP contribution in [0.5, 0.6) is 0 Å². The van der Waals surface area contributed by atoms with Gasteiger partial charge in [-0.15, -0.1) is 0 Å². The summed E-state index contributed by atoms with van der Waals surface area (Å²) in [6.07, 6.45) is 1.55. The monoisotopic (exact) mass is 464 g/mol. The highest BCUT2D eigenvalue weighted by Gasteiger charge is 2.14. The molecule has 0 saturated carbocycles. The molecule has 0 saturated heterocycles. The molecule has 0 radical (unpaired) electrons. The molecule has 3 aromatic rings. The molecule has 3 rings (SSSR count). The van der Waals surface area contributed by atoms with E-state index >= 15 is 0 Å². The standard InChI is InChI=1S/C19H14BrClN2O3S/c1-11-7-14(8-18(12(11)2)23(24)25)22-10-15-9-17(20)19(26-15)27-16-5-3-13(21)4-6-16/h3-10H,1-2H3. The van der Waals surface area contributed by atoms with Gasteiger partial charge in [0.05, 0.1) is 21.3 Å². The van der Waals surface area contributed by atoms with E-state index in [1.165, 1.54) is 17.8 Å². The van der Waals surface area contributed by atoms with Crippen molar-refractivity contribution in [3.05, 3.63) is 79.0 Å². The van der Waals surface area contributed by atoms with E-state index in [1.54, 1.807) is 25.3 Å². The maximum atomic E-state index is 11.2. The number of benzene rings is 2. The van der Waals surface area contributed by atoms with E-state index < -0.39 is 4.92 Å². The molecule has 0 amide bonds. The highest BCUT2D eigenvalue weighted by atomic mass is 79.9. The van der Waals surface area contributed by atoms with Gasteiger partial charge in [-0.05, 0) is 65.7 Å². The molecule has 2 aromatic carbocycles. The minimum absolute atomic E-state index is 0.0572. The van der Waals surface area contributed by atoms with Crippen molar-refractivity contribution >= 4 is 56.9 Å². The Kier molecular flexibility index (Phi) is 6.04. The van der Waals surface area contributed by atoms with E-state index in [0.29, 0.717) is 27.1 Å². The fourth-order valence-electron chi connectivity index (χ4n) is 2.34. The lowest BCUT2D eigenvalue weighted by molar-refractivity contribution is -0.385. The van der Waals surface area contributed by atoms with Gasteiger partial charge in [-0.3, -0.25) is 15.1 Å². The van der Waals surface area contributed by atoms with Crippen LogP contribution in [0.25, 0.3) is 0 Å². The Balaban J connectivity index is 1.82. The molecule has 0 bridgehead atoms. The third-order valence-corrected chi connectivity index (χ3v) is 5.96. The van der Waals surface area contributed by atoms with E-state index in [0.717, 1.165) is 14.9 Å². The van der Waals surface area contributed by atoms with Gasteiger partial charge in [-0.2, -0.15) is 0 Å². The van der Waals surface area contributed by atoms with Gasteiger partial charge in [0.25, 0.3) is 5.69 Å². The summed E-state index contributed by atoms with van der Waals surface area (Å²) in [5.41, 5.74) is 2.02. The van der Waals surface area contributed by atoms with Crippen molar-refractivity contribution in [3.63, 3.8) is 0 Å². The first-order chi connectivity index (χ1) is 12.8. The summed E-state index contributed by atoms with van der Waals surface area (Å²) in [6.45, 7) is 3.55. The quantitative estimate of drug-likeness (QED) is 0.228. The molecule has 0 spiro atoms. The van der Waals surface area contributed by atoms with Gasteiger partial charge in [0.1, 0.15) is 5.76 Å². The van der Waals surface area contributed by atoms with Crippen molar-refractivity contribution in [3.8, 4) is 0 Å². The zero-order chi connectivity index (χ0) is 19.6. The van der Waals surface area contributed by atoms with Crippen LogP contribution in [0.15, 0.2) is 66.3 Å². The Hall–Kier alpha value is -2.09. The highest BCUT2D eigenvalue weighted by molar-refractivity contribution is 9.10. The number of hydrogen-bond acceptors (Lipinski definition) is 5. The van der Waals surface area contributed by atoms with Crippen LogP contribution in [-0.4, -0.2) is 11.1 Å². The van der Waals surface area contributed by atoms with Crippen LogP contribution < -0.4 is 0 Å². The molecule has 5 nitrogen and oxygen atoms in total. The smallest absolute Gasteiger partial charge is 0.274 e. The summed E-state index contributed by atoms with van der Waals surface area (Å²) < 4.78 is 6.60. The SMILES string of the molecule is Cc1cc(N=Cc2cc(Br)c(Sc3ccc(Cl)cc3)o2)cc([N+](=O)[O-])c1C. The van der Waals surface area contributed by atoms with Crippen LogP contribution in [0, 0.1) is 24.0 Å². The second-order valence-electron chi connectivity index (χ2n) is 5.76. The number of aryl methyl sites for hydroxylation is 1. The number of nitrogens with zero attached hydrogens (tertiary/aromatic N) is 2. The lowest BCUT2D eigenvalue weighted by Crippen LogP contribution is -1.93. The molecule has 0 aliphatic heterocycles. The minimum Gasteiger partial charge on any atom is -0.447 e. The first-order valence-electron chi connectivity index (χ1n) is 7.86. The molecule has 8 heteroatoms. The van der Waals surface area contributed by atoms with Crippen LogP contribution in [0.1, 0.15) is 16.9 Å². The van der Waals surface area contributed by atoms with Crippen LogP contribution >= 0.6 is 39.3 Å². The molecule has 0 atom stereocenters. The number of furan rings is 1. The van der Waals surface area contributed by atoms with Crippen molar-refractivity contribution in [2.75, 3.05) is 0 Å². The summed E-state index contributed by atoms with van der Waals surface area (Å²) >= 11 is 10.8. The van der Waals surface area contributed by atoms with E-state index in [1.807, 2.05) is 31.2 Å². The van der Waals surface area contributed by atoms with Gasteiger partial charge in [0.2, 0.25) is 0 Å². The number of nitro groups is 1. The maximum Gasteiger partial charge on any atom is 0.274 e. The Bertz CT molecular complexity index is 1030. The molecule has 0 fully saturated rings. The summed E-state index contributed by atoms with van der Waals surface area (Å²) in [5.74, 6) is 0.541. The van der Waals surface area contributed by atoms with Gasteiger partial charge in [-0.1, -0.05) is 23.4 Å². The van der Waals surface area contributed by atoms with Crippen LogP contribution in [0.3, 0.4) is 0 Å². The van der Waals surface area contributed by atoms with E-state index in [2.05, 4.69) is 20.9 Å². The summed E-state index contributed by atoms with van der Waals surface area (Å²) in [7, 11) is 0. The lowest BCUT2D eigenvalue weighted by atomic mass is 10.1. The zero-order valence-electron chi connectivity index (χ0n) is 14.4. The Morgan fingerprint density at radius 2 is 1.93 bits per heavy atom. The number of nitro benzene ring substituents is 1. The maximum absolute atomic E-state index is 11.2. The Labute approximate surface area is 173 Å². The summed E-state index contributed by atoms with van der Waals surface area (Å²) in [6, 6.07) is 12.5. The van der Waals surface area contributed by atoms with Crippen molar-refractivity contribution in [1.29, 1.82) is 0 Å². The molecule has 138 valence electrons. The number of hydrogen-bond donors (Lipinski definition) is 0.